The number of oxazole rings is 1. The molecule has 0 unspecified atom stereocenters. The summed E-state index contributed by atoms with van der Waals surface area (Å²) < 4.78 is 4.63. The van der Waals surface area contributed by atoms with Crippen molar-refractivity contribution in [3.8, 4) is 0 Å². The van der Waals surface area contributed by atoms with E-state index in [2.05, 4.69) is 16.3 Å². The van der Waals surface area contributed by atoms with Crippen LogP contribution >= 0.6 is 11.6 Å². The molecule has 3 heteroatoms. The van der Waals surface area contributed by atoms with Crippen molar-refractivity contribution in [1.29, 1.82) is 0 Å². The van der Waals surface area contributed by atoms with Crippen LogP contribution in [0, 0.1) is 6.92 Å². The number of rotatable bonds is 0. The quantitative estimate of drug-likeness (QED) is 0.514. The summed E-state index contributed by atoms with van der Waals surface area (Å²) in [5.41, 5.74) is 0. The van der Waals surface area contributed by atoms with Gasteiger partial charge in [-0.05, 0) is 11.6 Å². The third-order valence-electron chi connectivity index (χ3n) is 0.525. The van der Waals surface area contributed by atoms with Gasteiger partial charge in [0.25, 0.3) is 0 Å². The highest BCUT2D eigenvalue weighted by atomic mass is 35.5. The molecule has 1 heterocycles. The van der Waals surface area contributed by atoms with E-state index in [0.29, 0.717) is 5.89 Å². The molecular formula is C4H3ClNO. The zero-order valence-corrected chi connectivity index (χ0v) is 4.27. The lowest BCUT2D eigenvalue weighted by Crippen LogP contribution is -1.59. The Bertz CT molecular complexity index is 144. The molecule has 0 spiro atoms. The Morgan fingerprint density at radius 1 is 1.86 bits per heavy atom. The van der Waals surface area contributed by atoms with E-state index in [1.165, 1.54) is 6.20 Å². The summed E-state index contributed by atoms with van der Waals surface area (Å²) in [5, 5.41) is 0.282. The molecule has 0 aliphatic carbocycles. The van der Waals surface area contributed by atoms with Crippen molar-refractivity contribution in [2.75, 3.05) is 0 Å². The largest absolute Gasteiger partial charge is 0.429 e. The van der Waals surface area contributed by atoms with Crippen molar-refractivity contribution in [3.05, 3.63) is 24.2 Å². The fraction of sp³-hybridized carbons (Fsp3) is 0. The molecule has 0 aliphatic heterocycles. The standard InChI is InChI=1S/C4H3ClNO/c1-3-6-2-4(5)7-3/h2H,1H2. The monoisotopic (exact) mass is 116 g/mol. The molecule has 0 bridgehead atoms. The maximum Gasteiger partial charge on any atom is 0.213 e. The fourth-order valence-corrected chi connectivity index (χ4v) is 0.426. The molecular weight excluding hydrogens is 114 g/mol. The van der Waals surface area contributed by atoms with E-state index >= 15 is 0 Å². The van der Waals surface area contributed by atoms with Gasteiger partial charge in [0.15, 0.2) is 5.89 Å². The highest BCUT2D eigenvalue weighted by molar-refractivity contribution is 6.28. The number of hydrogen-bond donors (Lipinski definition) is 0. The van der Waals surface area contributed by atoms with Gasteiger partial charge in [-0.1, -0.05) is 0 Å². The first-order valence-corrected chi connectivity index (χ1v) is 2.10. The molecule has 0 fully saturated rings. The predicted octanol–water partition coefficient (Wildman–Crippen LogP) is 1.51. The van der Waals surface area contributed by atoms with E-state index in [9.17, 15) is 0 Å². The molecule has 1 rings (SSSR count). The van der Waals surface area contributed by atoms with Crippen molar-refractivity contribution >= 4 is 11.6 Å². The molecule has 0 atom stereocenters. The van der Waals surface area contributed by atoms with Crippen LogP contribution in [0.15, 0.2) is 10.6 Å². The van der Waals surface area contributed by atoms with E-state index < -0.39 is 0 Å². The maximum atomic E-state index is 5.29. The number of aromatic nitrogens is 1. The average Bonchev–Trinajstić information content (AvgIpc) is 1.87. The molecule has 1 aromatic rings. The lowest BCUT2D eigenvalue weighted by atomic mass is 10.8. The third-order valence-corrected chi connectivity index (χ3v) is 0.700. The van der Waals surface area contributed by atoms with Crippen molar-refractivity contribution in [1.82, 2.24) is 4.98 Å². The van der Waals surface area contributed by atoms with E-state index in [1.54, 1.807) is 0 Å². The van der Waals surface area contributed by atoms with Gasteiger partial charge < -0.3 is 4.42 Å². The zero-order valence-electron chi connectivity index (χ0n) is 3.52. The van der Waals surface area contributed by atoms with Crippen molar-refractivity contribution in [3.63, 3.8) is 0 Å². The molecule has 0 saturated carbocycles. The van der Waals surface area contributed by atoms with Crippen LogP contribution in [0.3, 0.4) is 0 Å². The molecule has 1 radical (unpaired) electrons. The SMILES string of the molecule is [CH2]c1ncc(Cl)o1. The Labute approximate surface area is 46.1 Å². The average molecular weight is 117 g/mol. The molecule has 0 aromatic carbocycles. The summed E-state index contributed by atoms with van der Waals surface area (Å²) in [6, 6.07) is 0. The van der Waals surface area contributed by atoms with Crippen LogP contribution < -0.4 is 0 Å². The lowest BCUT2D eigenvalue weighted by Gasteiger charge is -1.71. The van der Waals surface area contributed by atoms with Gasteiger partial charge in [0, 0.05) is 6.92 Å². The molecule has 2 nitrogen and oxygen atoms in total. The second-order valence-electron chi connectivity index (χ2n) is 1.06. The van der Waals surface area contributed by atoms with Crippen molar-refractivity contribution in [2.24, 2.45) is 0 Å². The minimum Gasteiger partial charge on any atom is -0.429 e. The van der Waals surface area contributed by atoms with Gasteiger partial charge in [0.2, 0.25) is 5.22 Å². The maximum absolute atomic E-state index is 5.29. The minimum absolute atomic E-state index is 0.282. The normalized spacial score (nSPS) is 9.43. The Kier molecular flexibility index (Phi) is 1.02. The number of hydrogen-bond acceptors (Lipinski definition) is 2. The summed E-state index contributed by atoms with van der Waals surface area (Å²) in [4.78, 5) is 3.61. The summed E-state index contributed by atoms with van der Waals surface area (Å²) in [5.74, 6) is 0.352. The third kappa shape index (κ3) is 0.933. The van der Waals surface area contributed by atoms with Crippen LogP contribution in [-0.4, -0.2) is 4.98 Å². The van der Waals surface area contributed by atoms with Gasteiger partial charge in [0.1, 0.15) is 0 Å². The second kappa shape index (κ2) is 1.54. The van der Waals surface area contributed by atoms with Crippen LogP contribution in [-0.2, 0) is 0 Å². The van der Waals surface area contributed by atoms with Crippen molar-refractivity contribution in [2.45, 2.75) is 0 Å². The van der Waals surface area contributed by atoms with E-state index in [4.69, 9.17) is 11.6 Å². The summed E-state index contributed by atoms with van der Waals surface area (Å²) in [6.45, 7) is 3.38. The first-order chi connectivity index (χ1) is 3.29. The van der Waals surface area contributed by atoms with Crippen LogP contribution in [0.25, 0.3) is 0 Å². The second-order valence-corrected chi connectivity index (χ2v) is 1.43. The Morgan fingerprint density at radius 2 is 2.57 bits per heavy atom. The van der Waals surface area contributed by atoms with Crippen LogP contribution in [0.5, 0.6) is 0 Å². The molecule has 1 aromatic heterocycles. The molecule has 37 valence electrons. The van der Waals surface area contributed by atoms with Gasteiger partial charge in [-0.2, -0.15) is 0 Å². The zero-order chi connectivity index (χ0) is 5.28. The van der Waals surface area contributed by atoms with Crippen LogP contribution in [0.4, 0.5) is 0 Å². The van der Waals surface area contributed by atoms with E-state index in [-0.39, 0.29) is 5.22 Å². The van der Waals surface area contributed by atoms with Gasteiger partial charge >= 0.3 is 0 Å². The van der Waals surface area contributed by atoms with Gasteiger partial charge in [-0.3, -0.25) is 0 Å². The van der Waals surface area contributed by atoms with E-state index in [1.807, 2.05) is 0 Å². The smallest absolute Gasteiger partial charge is 0.213 e. The van der Waals surface area contributed by atoms with Crippen LogP contribution in [0.1, 0.15) is 5.89 Å². The first kappa shape index (κ1) is 4.65. The fourth-order valence-electron chi connectivity index (χ4n) is 0.288. The summed E-state index contributed by atoms with van der Waals surface area (Å²) in [6.07, 6.45) is 1.41. The molecule has 0 amide bonds. The predicted molar refractivity (Wildman–Crippen MR) is 26.0 cm³/mol. The van der Waals surface area contributed by atoms with Crippen LogP contribution in [0.2, 0.25) is 5.22 Å². The van der Waals surface area contributed by atoms with Gasteiger partial charge in [-0.25, -0.2) is 4.98 Å². The highest BCUT2D eigenvalue weighted by Gasteiger charge is 1.90. The number of nitrogens with zero attached hydrogens (tertiary/aromatic N) is 1. The lowest BCUT2D eigenvalue weighted by molar-refractivity contribution is 0.539. The van der Waals surface area contributed by atoms with Gasteiger partial charge in [0.05, 0.1) is 6.20 Å². The number of halogens is 1. The summed E-state index contributed by atoms with van der Waals surface area (Å²) in [7, 11) is 0. The minimum atomic E-state index is 0.282. The summed E-state index contributed by atoms with van der Waals surface area (Å²) >= 11 is 5.29. The molecule has 0 aliphatic rings. The molecule has 0 N–H and O–H groups in total. The van der Waals surface area contributed by atoms with E-state index in [0.717, 1.165) is 0 Å². The first-order valence-electron chi connectivity index (χ1n) is 1.72. The Balaban J connectivity index is 3.04. The molecule has 0 saturated heterocycles. The van der Waals surface area contributed by atoms with Gasteiger partial charge in [-0.15, -0.1) is 0 Å². The highest BCUT2D eigenvalue weighted by Crippen LogP contribution is 2.06. The Morgan fingerprint density at radius 3 is 2.71 bits per heavy atom. The topological polar surface area (TPSA) is 26.0 Å². The Hall–Kier alpha value is -0.500. The van der Waals surface area contributed by atoms with Crippen molar-refractivity contribution < 1.29 is 4.42 Å². The molecule has 7 heavy (non-hydrogen) atoms.